The molecule has 5 N–H and O–H groups in total. The van der Waals surface area contributed by atoms with Gasteiger partial charge in [-0.1, -0.05) is 24.0 Å². The van der Waals surface area contributed by atoms with Crippen molar-refractivity contribution in [2.24, 2.45) is 0 Å². The lowest BCUT2D eigenvalue weighted by atomic mass is 10.1. The molecule has 8 nitrogen and oxygen atoms in total. The van der Waals surface area contributed by atoms with Gasteiger partial charge in [-0.15, -0.1) is 0 Å². The van der Waals surface area contributed by atoms with E-state index in [0.29, 0.717) is 16.8 Å². The topological polar surface area (TPSA) is 128 Å². The van der Waals surface area contributed by atoms with E-state index in [9.17, 15) is 23.9 Å². The molecule has 0 aromatic heterocycles. The maximum atomic E-state index is 13.6. The first-order valence-corrected chi connectivity index (χ1v) is 11.4. The normalized spacial score (nSPS) is 11.9. The fourth-order valence-corrected chi connectivity index (χ4v) is 3.26. The molecule has 3 rings (SSSR count). The summed E-state index contributed by atoms with van der Waals surface area (Å²) in [5.41, 5.74) is 2.43. The van der Waals surface area contributed by atoms with Gasteiger partial charge < -0.3 is 26.2 Å². The minimum Gasteiger partial charge on any atom is -0.391 e. The zero-order valence-electron chi connectivity index (χ0n) is 20.0. The number of benzene rings is 3. The monoisotopic (exact) mass is 503 g/mol. The van der Waals surface area contributed by atoms with Crippen LogP contribution < -0.4 is 16.0 Å². The largest absolute Gasteiger partial charge is 0.391 e. The lowest BCUT2D eigenvalue weighted by Gasteiger charge is -2.19. The Balaban J connectivity index is 1.54. The van der Waals surface area contributed by atoms with Crippen LogP contribution in [0.3, 0.4) is 0 Å². The Hall–Kier alpha value is -4.52. The third-order valence-electron chi connectivity index (χ3n) is 5.25. The van der Waals surface area contributed by atoms with Crippen molar-refractivity contribution in [2.45, 2.75) is 19.1 Å². The van der Waals surface area contributed by atoms with Gasteiger partial charge in [-0.2, -0.15) is 0 Å². The third-order valence-corrected chi connectivity index (χ3v) is 5.25. The maximum absolute atomic E-state index is 13.6. The SMILES string of the molecule is C[C@@H](O)[C@H](NC(=O)c1ccc(C#Cc2ccc(NC(=O)CNc3ccccc3F)cc2)cc1)C(=O)CO. The molecule has 3 aromatic rings. The summed E-state index contributed by atoms with van der Waals surface area (Å²) in [4.78, 5) is 36.2. The number of para-hydroxylation sites is 1. The highest BCUT2D eigenvalue weighted by Crippen LogP contribution is 2.13. The van der Waals surface area contributed by atoms with Gasteiger partial charge in [0.1, 0.15) is 18.5 Å². The molecule has 0 saturated carbocycles. The van der Waals surface area contributed by atoms with Crippen molar-refractivity contribution in [3.63, 3.8) is 0 Å². The van der Waals surface area contributed by atoms with Gasteiger partial charge in [0.2, 0.25) is 5.91 Å². The summed E-state index contributed by atoms with van der Waals surface area (Å²) in [5, 5.41) is 26.5. The van der Waals surface area contributed by atoms with Crippen LogP contribution in [-0.4, -0.2) is 53.1 Å². The first kappa shape index (κ1) is 27.1. The van der Waals surface area contributed by atoms with Gasteiger partial charge in [-0.05, 0) is 67.6 Å². The number of Topliss-reactive ketones (excluding diaryl/α,β-unsaturated/α-hetero) is 1. The summed E-state index contributed by atoms with van der Waals surface area (Å²) < 4.78 is 13.6. The van der Waals surface area contributed by atoms with Crippen molar-refractivity contribution < 1.29 is 29.0 Å². The van der Waals surface area contributed by atoms with Crippen LogP contribution in [0.5, 0.6) is 0 Å². The van der Waals surface area contributed by atoms with Crippen LogP contribution in [0.25, 0.3) is 0 Å². The number of ketones is 1. The number of halogens is 1. The fourth-order valence-electron chi connectivity index (χ4n) is 3.26. The van der Waals surface area contributed by atoms with Crippen molar-refractivity contribution in [2.75, 3.05) is 23.8 Å². The summed E-state index contributed by atoms with van der Waals surface area (Å²) in [6, 6.07) is 18.1. The van der Waals surface area contributed by atoms with E-state index in [0.717, 1.165) is 0 Å². The molecular formula is C28H26FN3O5. The predicted molar refractivity (Wildman–Crippen MR) is 137 cm³/mol. The first-order valence-electron chi connectivity index (χ1n) is 11.4. The van der Waals surface area contributed by atoms with Gasteiger partial charge in [-0.25, -0.2) is 4.39 Å². The third kappa shape index (κ3) is 8.00. The van der Waals surface area contributed by atoms with Crippen LogP contribution in [0, 0.1) is 17.7 Å². The highest BCUT2D eigenvalue weighted by molar-refractivity contribution is 5.98. The number of nitrogens with one attached hydrogen (secondary N) is 3. The molecule has 0 heterocycles. The lowest BCUT2D eigenvalue weighted by Crippen LogP contribution is -2.48. The molecule has 0 spiro atoms. The summed E-state index contributed by atoms with van der Waals surface area (Å²) in [6.07, 6.45) is -1.15. The van der Waals surface area contributed by atoms with Crippen molar-refractivity contribution in [1.29, 1.82) is 0 Å². The van der Waals surface area contributed by atoms with E-state index in [-0.39, 0.29) is 23.7 Å². The van der Waals surface area contributed by atoms with E-state index < -0.39 is 36.3 Å². The van der Waals surface area contributed by atoms with Crippen LogP contribution in [0.1, 0.15) is 28.4 Å². The molecule has 9 heteroatoms. The Morgan fingerprint density at radius 3 is 2.08 bits per heavy atom. The Bertz CT molecular complexity index is 1310. The van der Waals surface area contributed by atoms with Crippen LogP contribution in [0.2, 0.25) is 0 Å². The van der Waals surface area contributed by atoms with Crippen LogP contribution in [-0.2, 0) is 9.59 Å². The number of carbonyl (C=O) groups is 3. The van der Waals surface area contributed by atoms with Crippen molar-refractivity contribution in [3.8, 4) is 11.8 Å². The van der Waals surface area contributed by atoms with Crippen molar-refractivity contribution >= 4 is 29.0 Å². The predicted octanol–water partition coefficient (Wildman–Crippen LogP) is 2.32. The Morgan fingerprint density at radius 1 is 0.919 bits per heavy atom. The Morgan fingerprint density at radius 2 is 1.51 bits per heavy atom. The Kier molecular flexibility index (Phi) is 9.49. The molecule has 0 saturated heterocycles. The van der Waals surface area contributed by atoms with Gasteiger partial charge in [0.05, 0.1) is 18.3 Å². The van der Waals surface area contributed by atoms with E-state index in [4.69, 9.17) is 5.11 Å². The molecule has 190 valence electrons. The second-order valence-corrected chi connectivity index (χ2v) is 8.10. The molecule has 0 aliphatic heterocycles. The molecule has 0 aliphatic rings. The molecule has 2 atom stereocenters. The van der Waals surface area contributed by atoms with Crippen LogP contribution >= 0.6 is 0 Å². The first-order chi connectivity index (χ1) is 17.8. The van der Waals surface area contributed by atoms with Crippen molar-refractivity contribution in [3.05, 3.63) is 95.3 Å². The smallest absolute Gasteiger partial charge is 0.251 e. The number of anilines is 2. The average molecular weight is 504 g/mol. The molecule has 0 bridgehead atoms. The maximum Gasteiger partial charge on any atom is 0.251 e. The summed E-state index contributed by atoms with van der Waals surface area (Å²) in [7, 11) is 0. The number of amides is 2. The van der Waals surface area contributed by atoms with Crippen LogP contribution in [0.15, 0.2) is 72.8 Å². The molecular weight excluding hydrogens is 477 g/mol. The molecule has 0 radical (unpaired) electrons. The highest BCUT2D eigenvalue weighted by Gasteiger charge is 2.25. The molecule has 37 heavy (non-hydrogen) atoms. The molecule has 3 aromatic carbocycles. The quantitative estimate of drug-likeness (QED) is 0.285. The number of rotatable bonds is 9. The molecule has 2 amide bonds. The van der Waals surface area contributed by atoms with Gasteiger partial charge >= 0.3 is 0 Å². The van der Waals surface area contributed by atoms with E-state index >= 15 is 0 Å². The Labute approximate surface area is 213 Å². The van der Waals surface area contributed by atoms with E-state index in [1.54, 1.807) is 54.6 Å². The molecule has 0 aliphatic carbocycles. The number of aliphatic hydroxyl groups excluding tert-OH is 2. The van der Waals surface area contributed by atoms with E-state index in [1.165, 1.54) is 25.1 Å². The molecule has 0 fully saturated rings. The standard InChI is InChI=1S/C28H26FN3O5/c1-18(34)27(25(35)17-33)32-28(37)21-12-8-19(9-13-21)6-7-20-10-14-22(15-11-20)31-26(36)16-30-24-5-3-2-4-23(24)29/h2-5,8-15,18,27,30,33-34H,16-17H2,1H3,(H,31,36)(H,32,37)/t18-,27+/m1/s1. The summed E-state index contributed by atoms with van der Waals surface area (Å²) in [6.45, 7) is 0.474. The molecule has 0 unspecified atom stereocenters. The van der Waals surface area contributed by atoms with Gasteiger partial charge in [0.25, 0.3) is 5.91 Å². The minimum atomic E-state index is -1.20. The second kappa shape index (κ2) is 13.0. The zero-order valence-corrected chi connectivity index (χ0v) is 20.0. The summed E-state index contributed by atoms with van der Waals surface area (Å²) in [5.74, 6) is 3.96. The lowest BCUT2D eigenvalue weighted by molar-refractivity contribution is -0.125. The fraction of sp³-hybridized carbons (Fsp3) is 0.179. The van der Waals surface area contributed by atoms with Gasteiger partial charge in [-0.3, -0.25) is 14.4 Å². The van der Waals surface area contributed by atoms with Gasteiger partial charge in [0, 0.05) is 22.4 Å². The second-order valence-electron chi connectivity index (χ2n) is 8.10. The number of hydrogen-bond donors (Lipinski definition) is 5. The average Bonchev–Trinajstić information content (AvgIpc) is 2.90. The van der Waals surface area contributed by atoms with Crippen LogP contribution in [0.4, 0.5) is 15.8 Å². The number of hydrogen-bond acceptors (Lipinski definition) is 6. The van der Waals surface area contributed by atoms with E-state index in [2.05, 4.69) is 27.8 Å². The zero-order chi connectivity index (χ0) is 26.8. The van der Waals surface area contributed by atoms with Crippen molar-refractivity contribution in [1.82, 2.24) is 5.32 Å². The number of aliphatic hydroxyl groups is 2. The summed E-state index contributed by atoms with van der Waals surface area (Å²) >= 11 is 0. The van der Waals surface area contributed by atoms with E-state index in [1.807, 2.05) is 0 Å². The minimum absolute atomic E-state index is 0.0894. The van der Waals surface area contributed by atoms with Gasteiger partial charge in [0.15, 0.2) is 5.78 Å². The highest BCUT2D eigenvalue weighted by atomic mass is 19.1. The number of carbonyl (C=O) groups excluding carboxylic acids is 3.